The second kappa shape index (κ2) is 5.87. The summed E-state index contributed by atoms with van der Waals surface area (Å²) in [6.45, 7) is 4.45. The summed E-state index contributed by atoms with van der Waals surface area (Å²) in [4.78, 5) is 0. The first-order valence-corrected chi connectivity index (χ1v) is 6.78. The lowest BCUT2D eigenvalue weighted by Gasteiger charge is -2.06. The molecule has 0 fully saturated rings. The summed E-state index contributed by atoms with van der Waals surface area (Å²) < 4.78 is 5.27. The van der Waals surface area contributed by atoms with Crippen molar-refractivity contribution in [3.63, 3.8) is 0 Å². The molecule has 3 nitrogen and oxygen atoms in total. The minimum atomic E-state index is 0.714. The average molecular weight is 248 g/mol. The van der Waals surface area contributed by atoms with Gasteiger partial charge in [-0.2, -0.15) is 0 Å². The van der Waals surface area contributed by atoms with Gasteiger partial charge in [-0.1, -0.05) is 20.3 Å². The van der Waals surface area contributed by atoms with E-state index in [4.69, 9.17) is 4.42 Å². The zero-order valence-corrected chi connectivity index (χ0v) is 10.9. The normalized spacial score (nSPS) is 12.6. The Morgan fingerprint density at radius 3 is 2.76 bits per heavy atom. The molecule has 2 aromatic rings. The van der Waals surface area contributed by atoms with E-state index in [1.807, 2.05) is 24.3 Å². The molecule has 0 amide bonds. The summed E-state index contributed by atoms with van der Waals surface area (Å²) in [6.07, 6.45) is 2.84. The van der Waals surface area contributed by atoms with Gasteiger partial charge in [0.05, 0.1) is 6.26 Å². The molecule has 0 aliphatic rings. The standard InChI is InChI=1S/C13H16N2OS/c1-3-10(2)9-17-13-7-6-11(14-15-13)12-5-4-8-16-12/h4-8,10H,3,9H2,1-2H3. The molecule has 0 spiro atoms. The first kappa shape index (κ1) is 12.2. The Morgan fingerprint density at radius 2 is 2.18 bits per heavy atom. The van der Waals surface area contributed by atoms with Gasteiger partial charge in [-0.15, -0.1) is 22.0 Å². The highest BCUT2D eigenvalue weighted by Gasteiger charge is 2.05. The summed E-state index contributed by atoms with van der Waals surface area (Å²) in [5, 5.41) is 9.33. The molecular weight excluding hydrogens is 232 g/mol. The van der Waals surface area contributed by atoms with Crippen LogP contribution in [0, 0.1) is 5.92 Å². The van der Waals surface area contributed by atoms with Gasteiger partial charge in [0, 0.05) is 5.75 Å². The topological polar surface area (TPSA) is 38.9 Å². The highest BCUT2D eigenvalue weighted by atomic mass is 32.2. The lowest BCUT2D eigenvalue weighted by Crippen LogP contribution is -1.96. The fraction of sp³-hybridized carbons (Fsp3) is 0.385. The minimum absolute atomic E-state index is 0.714. The van der Waals surface area contributed by atoms with Crippen LogP contribution in [0.2, 0.25) is 0 Å². The monoisotopic (exact) mass is 248 g/mol. The quantitative estimate of drug-likeness (QED) is 0.753. The van der Waals surface area contributed by atoms with Crippen LogP contribution in [0.5, 0.6) is 0 Å². The minimum Gasteiger partial charge on any atom is -0.463 e. The number of furan rings is 1. The molecule has 0 bridgehead atoms. The maximum absolute atomic E-state index is 5.27. The van der Waals surface area contributed by atoms with Crippen molar-refractivity contribution in [2.24, 2.45) is 5.92 Å². The SMILES string of the molecule is CCC(C)CSc1ccc(-c2ccco2)nn1. The van der Waals surface area contributed by atoms with Crippen molar-refractivity contribution >= 4 is 11.8 Å². The van der Waals surface area contributed by atoms with Gasteiger partial charge in [0.15, 0.2) is 5.76 Å². The van der Waals surface area contributed by atoms with E-state index in [1.165, 1.54) is 6.42 Å². The molecule has 17 heavy (non-hydrogen) atoms. The Kier molecular flexibility index (Phi) is 4.20. The molecule has 0 N–H and O–H groups in total. The molecular formula is C13H16N2OS. The van der Waals surface area contributed by atoms with Crippen LogP contribution in [0.1, 0.15) is 20.3 Å². The van der Waals surface area contributed by atoms with Crippen molar-refractivity contribution in [3.05, 3.63) is 30.5 Å². The number of hydrogen-bond donors (Lipinski definition) is 0. The molecule has 4 heteroatoms. The van der Waals surface area contributed by atoms with Gasteiger partial charge in [0.1, 0.15) is 10.7 Å². The molecule has 0 saturated carbocycles. The molecule has 0 saturated heterocycles. The molecule has 0 aliphatic carbocycles. The second-order valence-electron chi connectivity index (χ2n) is 4.06. The van der Waals surface area contributed by atoms with Crippen LogP contribution in [-0.4, -0.2) is 16.0 Å². The Bertz CT molecular complexity index is 439. The fourth-order valence-electron chi connectivity index (χ4n) is 1.30. The van der Waals surface area contributed by atoms with E-state index in [0.717, 1.165) is 22.2 Å². The molecule has 0 aromatic carbocycles. The van der Waals surface area contributed by atoms with Crippen LogP contribution >= 0.6 is 11.8 Å². The van der Waals surface area contributed by atoms with Gasteiger partial charge in [0.2, 0.25) is 0 Å². The molecule has 90 valence electrons. The summed E-state index contributed by atoms with van der Waals surface area (Å²) in [6, 6.07) is 7.68. The van der Waals surface area contributed by atoms with Gasteiger partial charge < -0.3 is 4.42 Å². The molecule has 0 aliphatic heterocycles. The number of aromatic nitrogens is 2. The van der Waals surface area contributed by atoms with Crippen LogP contribution in [0.3, 0.4) is 0 Å². The van der Waals surface area contributed by atoms with Gasteiger partial charge >= 0.3 is 0 Å². The zero-order valence-electron chi connectivity index (χ0n) is 10.1. The Morgan fingerprint density at radius 1 is 1.29 bits per heavy atom. The van der Waals surface area contributed by atoms with Crippen molar-refractivity contribution in [1.82, 2.24) is 10.2 Å². The number of nitrogens with zero attached hydrogens (tertiary/aromatic N) is 2. The zero-order chi connectivity index (χ0) is 12.1. The summed E-state index contributed by atoms with van der Waals surface area (Å²) >= 11 is 1.75. The average Bonchev–Trinajstić information content (AvgIpc) is 2.90. The van der Waals surface area contributed by atoms with E-state index in [0.29, 0.717) is 5.92 Å². The van der Waals surface area contributed by atoms with Gasteiger partial charge in [-0.25, -0.2) is 0 Å². The van der Waals surface area contributed by atoms with E-state index in [9.17, 15) is 0 Å². The van der Waals surface area contributed by atoms with Crippen LogP contribution in [0.25, 0.3) is 11.5 Å². The number of hydrogen-bond acceptors (Lipinski definition) is 4. The maximum atomic E-state index is 5.27. The van der Waals surface area contributed by atoms with Crippen molar-refractivity contribution < 1.29 is 4.42 Å². The molecule has 2 rings (SSSR count). The third-order valence-electron chi connectivity index (χ3n) is 2.63. The lowest BCUT2D eigenvalue weighted by atomic mass is 10.2. The van der Waals surface area contributed by atoms with Crippen LogP contribution < -0.4 is 0 Å². The van der Waals surface area contributed by atoms with E-state index in [2.05, 4.69) is 24.0 Å². The third-order valence-corrected chi connectivity index (χ3v) is 3.88. The first-order chi connectivity index (χ1) is 8.29. The maximum Gasteiger partial charge on any atom is 0.154 e. The predicted octanol–water partition coefficient (Wildman–Crippen LogP) is 3.87. The molecule has 1 unspecified atom stereocenters. The van der Waals surface area contributed by atoms with E-state index in [1.54, 1.807) is 18.0 Å². The lowest BCUT2D eigenvalue weighted by molar-refractivity contribution is 0.578. The van der Waals surface area contributed by atoms with Crippen molar-refractivity contribution in [1.29, 1.82) is 0 Å². The van der Waals surface area contributed by atoms with Crippen molar-refractivity contribution in [3.8, 4) is 11.5 Å². The van der Waals surface area contributed by atoms with E-state index < -0.39 is 0 Å². The number of thioether (sulfide) groups is 1. The smallest absolute Gasteiger partial charge is 0.154 e. The predicted molar refractivity (Wildman–Crippen MR) is 69.9 cm³/mol. The Balaban J connectivity index is 1.99. The Labute approximate surface area is 106 Å². The fourth-order valence-corrected chi connectivity index (χ4v) is 2.25. The van der Waals surface area contributed by atoms with E-state index in [-0.39, 0.29) is 0 Å². The molecule has 2 aromatic heterocycles. The van der Waals surface area contributed by atoms with Crippen LogP contribution in [0.4, 0.5) is 0 Å². The molecule has 1 atom stereocenters. The Hall–Kier alpha value is -1.29. The summed E-state index contributed by atoms with van der Waals surface area (Å²) in [7, 11) is 0. The van der Waals surface area contributed by atoms with Crippen LogP contribution in [0.15, 0.2) is 40.0 Å². The van der Waals surface area contributed by atoms with Crippen molar-refractivity contribution in [2.75, 3.05) is 5.75 Å². The van der Waals surface area contributed by atoms with Gasteiger partial charge in [-0.3, -0.25) is 0 Å². The highest BCUT2D eigenvalue weighted by molar-refractivity contribution is 7.99. The number of rotatable bonds is 5. The van der Waals surface area contributed by atoms with Crippen molar-refractivity contribution in [2.45, 2.75) is 25.3 Å². The van der Waals surface area contributed by atoms with Crippen LogP contribution in [-0.2, 0) is 0 Å². The largest absolute Gasteiger partial charge is 0.463 e. The van der Waals surface area contributed by atoms with Gasteiger partial charge in [-0.05, 0) is 30.2 Å². The summed E-state index contributed by atoms with van der Waals surface area (Å²) in [5.41, 5.74) is 0.780. The van der Waals surface area contributed by atoms with E-state index >= 15 is 0 Å². The molecule has 2 heterocycles. The second-order valence-corrected chi connectivity index (χ2v) is 5.10. The summed E-state index contributed by atoms with van der Waals surface area (Å²) in [5.74, 6) is 2.56. The first-order valence-electron chi connectivity index (χ1n) is 5.80. The molecule has 0 radical (unpaired) electrons. The van der Waals surface area contributed by atoms with Gasteiger partial charge in [0.25, 0.3) is 0 Å². The highest BCUT2D eigenvalue weighted by Crippen LogP contribution is 2.22. The third kappa shape index (κ3) is 3.33.